The molecule has 1 atom stereocenters. The number of ether oxygens (including phenoxy) is 1. The molecule has 0 fully saturated rings. The van der Waals surface area contributed by atoms with Crippen molar-refractivity contribution in [2.75, 3.05) is 5.32 Å². The monoisotopic (exact) mass is 388 g/mol. The minimum atomic E-state index is -1.15. The maximum absolute atomic E-state index is 13.7. The van der Waals surface area contributed by atoms with E-state index in [2.05, 4.69) is 11.4 Å². The molecule has 0 spiro atoms. The number of esters is 1. The van der Waals surface area contributed by atoms with Crippen molar-refractivity contribution in [3.63, 3.8) is 0 Å². The number of hydrogen-bond donors (Lipinski definition) is 1. The van der Waals surface area contributed by atoms with Crippen molar-refractivity contribution in [2.45, 2.75) is 13.0 Å². The van der Waals surface area contributed by atoms with Crippen molar-refractivity contribution >= 4 is 17.6 Å². The van der Waals surface area contributed by atoms with Gasteiger partial charge in [-0.1, -0.05) is 48.5 Å². The molecule has 0 saturated carbocycles. The van der Waals surface area contributed by atoms with Crippen LogP contribution in [0.2, 0.25) is 0 Å². The van der Waals surface area contributed by atoms with Gasteiger partial charge in [-0.05, 0) is 36.8 Å². The van der Waals surface area contributed by atoms with Gasteiger partial charge >= 0.3 is 5.97 Å². The zero-order valence-electron chi connectivity index (χ0n) is 15.6. The summed E-state index contributed by atoms with van der Waals surface area (Å²) in [5.74, 6) is -1.96. The zero-order chi connectivity index (χ0) is 20.8. The molecular weight excluding hydrogens is 371 g/mol. The molecule has 29 heavy (non-hydrogen) atoms. The van der Waals surface area contributed by atoms with Crippen LogP contribution in [-0.4, -0.2) is 18.0 Å². The van der Waals surface area contributed by atoms with Crippen LogP contribution in [0.5, 0.6) is 0 Å². The highest BCUT2D eigenvalue weighted by molar-refractivity contribution is 6.01. The molecule has 0 saturated heterocycles. The second-order valence-corrected chi connectivity index (χ2v) is 6.22. The molecule has 0 aliphatic carbocycles. The van der Waals surface area contributed by atoms with E-state index in [0.717, 1.165) is 0 Å². The summed E-state index contributed by atoms with van der Waals surface area (Å²) in [7, 11) is 0. The first-order chi connectivity index (χ1) is 14.0. The summed E-state index contributed by atoms with van der Waals surface area (Å²) in [5.41, 5.74) is 1.75. The van der Waals surface area contributed by atoms with Gasteiger partial charge in [0.25, 0.3) is 5.91 Å². The normalized spacial score (nSPS) is 11.2. The number of anilines is 1. The fraction of sp³-hybridized carbons (Fsp3) is 0.0870. The highest BCUT2D eigenvalue weighted by Gasteiger charge is 2.22. The Hall–Kier alpha value is -3.98. The Balaban J connectivity index is 1.80. The van der Waals surface area contributed by atoms with Crippen molar-refractivity contribution < 1.29 is 18.7 Å². The molecule has 1 amide bonds. The van der Waals surface area contributed by atoms with Crippen LogP contribution in [0.1, 0.15) is 22.8 Å². The summed E-state index contributed by atoms with van der Waals surface area (Å²) < 4.78 is 19.0. The zero-order valence-corrected chi connectivity index (χ0v) is 15.6. The van der Waals surface area contributed by atoms with E-state index in [1.54, 1.807) is 54.6 Å². The molecule has 0 bridgehead atoms. The molecule has 0 aliphatic heterocycles. The van der Waals surface area contributed by atoms with Crippen LogP contribution < -0.4 is 5.32 Å². The van der Waals surface area contributed by atoms with Crippen molar-refractivity contribution in [1.29, 1.82) is 5.26 Å². The smallest absolute Gasteiger partial charge is 0.339 e. The van der Waals surface area contributed by atoms with E-state index in [0.29, 0.717) is 16.7 Å². The van der Waals surface area contributed by atoms with Crippen LogP contribution in [0.4, 0.5) is 10.1 Å². The lowest BCUT2D eigenvalue weighted by molar-refractivity contribution is -0.123. The van der Waals surface area contributed by atoms with Gasteiger partial charge in [-0.25, -0.2) is 9.18 Å². The van der Waals surface area contributed by atoms with Crippen LogP contribution >= 0.6 is 0 Å². The quantitative estimate of drug-likeness (QED) is 0.651. The van der Waals surface area contributed by atoms with Crippen molar-refractivity contribution in [3.05, 3.63) is 89.7 Å². The number of amides is 1. The van der Waals surface area contributed by atoms with E-state index in [1.165, 1.54) is 25.1 Å². The summed E-state index contributed by atoms with van der Waals surface area (Å²) in [5, 5.41) is 11.7. The molecule has 3 aromatic carbocycles. The molecule has 5 nitrogen and oxygen atoms in total. The molecule has 0 heterocycles. The predicted molar refractivity (Wildman–Crippen MR) is 107 cm³/mol. The lowest BCUT2D eigenvalue weighted by atomic mass is 9.96. The first kappa shape index (κ1) is 19.8. The van der Waals surface area contributed by atoms with Crippen LogP contribution in [-0.2, 0) is 9.53 Å². The first-order valence-electron chi connectivity index (χ1n) is 8.86. The molecule has 0 radical (unpaired) electrons. The summed E-state index contributed by atoms with van der Waals surface area (Å²) >= 11 is 0. The number of para-hydroxylation sites is 1. The number of nitriles is 1. The topological polar surface area (TPSA) is 79.2 Å². The molecular formula is C23H17FN2O3. The van der Waals surface area contributed by atoms with Gasteiger partial charge in [-0.2, -0.15) is 5.26 Å². The van der Waals surface area contributed by atoms with E-state index in [1.807, 2.05) is 0 Å². The van der Waals surface area contributed by atoms with Gasteiger partial charge in [0, 0.05) is 5.56 Å². The number of halogens is 1. The van der Waals surface area contributed by atoms with Crippen molar-refractivity contribution in [3.8, 4) is 17.2 Å². The van der Waals surface area contributed by atoms with E-state index >= 15 is 0 Å². The predicted octanol–water partition coefficient (Wildman–Crippen LogP) is 4.55. The van der Waals surface area contributed by atoms with E-state index in [9.17, 15) is 19.2 Å². The standard InChI is InChI=1S/C23H17FN2O3/c1-15(22(27)26-21-13-7-6-12-20(21)24)29-23(28)19-11-5-4-10-18(19)17-9-3-2-8-16(17)14-25/h2-13,15H,1H3,(H,26,27)/t15-/m0/s1. The summed E-state index contributed by atoms with van der Waals surface area (Å²) in [6.45, 7) is 1.40. The lowest BCUT2D eigenvalue weighted by Crippen LogP contribution is -2.30. The Morgan fingerprint density at radius 1 is 0.966 bits per heavy atom. The number of nitrogens with zero attached hydrogens (tertiary/aromatic N) is 1. The van der Waals surface area contributed by atoms with Crippen LogP contribution in [0, 0.1) is 17.1 Å². The second-order valence-electron chi connectivity index (χ2n) is 6.22. The van der Waals surface area contributed by atoms with Gasteiger partial charge < -0.3 is 10.1 Å². The average molecular weight is 388 g/mol. The van der Waals surface area contributed by atoms with Crippen molar-refractivity contribution in [1.82, 2.24) is 0 Å². The lowest BCUT2D eigenvalue weighted by Gasteiger charge is -2.16. The second kappa shape index (κ2) is 8.81. The van der Waals surface area contributed by atoms with E-state index in [-0.39, 0.29) is 11.3 Å². The molecule has 3 aromatic rings. The van der Waals surface area contributed by atoms with Crippen LogP contribution in [0.25, 0.3) is 11.1 Å². The van der Waals surface area contributed by atoms with Gasteiger partial charge in [0.15, 0.2) is 6.10 Å². The van der Waals surface area contributed by atoms with Gasteiger partial charge in [-0.3, -0.25) is 4.79 Å². The summed E-state index contributed by atoms with van der Waals surface area (Å²) in [6, 6.07) is 21.4. The largest absolute Gasteiger partial charge is 0.449 e. The highest BCUT2D eigenvalue weighted by Crippen LogP contribution is 2.27. The number of benzene rings is 3. The molecule has 3 rings (SSSR count). The third kappa shape index (κ3) is 4.47. The number of nitrogens with one attached hydrogen (secondary N) is 1. The van der Waals surface area contributed by atoms with Gasteiger partial charge in [0.05, 0.1) is 22.9 Å². The maximum atomic E-state index is 13.7. The number of carbonyl (C=O) groups excluding carboxylic acids is 2. The molecule has 0 aliphatic rings. The molecule has 144 valence electrons. The van der Waals surface area contributed by atoms with Gasteiger partial charge in [0.2, 0.25) is 0 Å². The van der Waals surface area contributed by atoms with E-state index in [4.69, 9.17) is 4.74 Å². The number of rotatable bonds is 5. The van der Waals surface area contributed by atoms with Crippen LogP contribution in [0.3, 0.4) is 0 Å². The SMILES string of the molecule is C[C@H](OC(=O)c1ccccc1-c1ccccc1C#N)C(=O)Nc1ccccc1F. The molecule has 1 N–H and O–H groups in total. The Labute approximate surface area is 167 Å². The molecule has 0 unspecified atom stereocenters. The summed E-state index contributed by atoms with van der Waals surface area (Å²) in [4.78, 5) is 25.0. The van der Waals surface area contributed by atoms with Gasteiger partial charge in [-0.15, -0.1) is 0 Å². The Kier molecular flexibility index (Phi) is 6.00. The Morgan fingerprint density at radius 3 is 2.31 bits per heavy atom. The van der Waals surface area contributed by atoms with Crippen LogP contribution in [0.15, 0.2) is 72.8 Å². The highest BCUT2D eigenvalue weighted by atomic mass is 19.1. The van der Waals surface area contributed by atoms with Gasteiger partial charge in [0.1, 0.15) is 5.82 Å². The average Bonchev–Trinajstić information content (AvgIpc) is 2.75. The third-order valence-electron chi connectivity index (χ3n) is 4.27. The minimum absolute atomic E-state index is 0.00347. The minimum Gasteiger partial charge on any atom is -0.449 e. The van der Waals surface area contributed by atoms with Crippen molar-refractivity contribution in [2.24, 2.45) is 0 Å². The summed E-state index contributed by atoms with van der Waals surface area (Å²) in [6.07, 6.45) is -1.15. The van der Waals surface area contributed by atoms with E-state index < -0.39 is 23.8 Å². The first-order valence-corrected chi connectivity index (χ1v) is 8.86. The molecule has 0 aromatic heterocycles. The third-order valence-corrected chi connectivity index (χ3v) is 4.27. The number of hydrogen-bond acceptors (Lipinski definition) is 4. The fourth-order valence-electron chi connectivity index (χ4n) is 2.79. The maximum Gasteiger partial charge on any atom is 0.339 e. The molecule has 6 heteroatoms. The fourth-order valence-corrected chi connectivity index (χ4v) is 2.79. The number of carbonyl (C=O) groups is 2. The Bertz CT molecular complexity index is 1110. The Morgan fingerprint density at radius 2 is 1.59 bits per heavy atom.